The number of ether oxygens (including phenoxy) is 3. The third-order valence-corrected chi connectivity index (χ3v) is 7.53. The van der Waals surface area contributed by atoms with Crippen molar-refractivity contribution in [2.75, 3.05) is 58.9 Å². The molecule has 0 spiro atoms. The number of benzene rings is 2. The summed E-state index contributed by atoms with van der Waals surface area (Å²) in [6.45, 7) is 3.12. The van der Waals surface area contributed by atoms with Crippen LogP contribution < -0.4 is 14.8 Å². The van der Waals surface area contributed by atoms with Crippen LogP contribution in [0.1, 0.15) is 12.5 Å². The lowest BCUT2D eigenvalue weighted by Gasteiger charge is -2.27. The first-order valence-electron chi connectivity index (χ1n) is 11.2. The van der Waals surface area contributed by atoms with Crippen molar-refractivity contribution < 1.29 is 32.2 Å². The summed E-state index contributed by atoms with van der Waals surface area (Å²) in [5, 5.41) is 2.76. The van der Waals surface area contributed by atoms with E-state index in [4.69, 9.17) is 14.2 Å². The van der Waals surface area contributed by atoms with Gasteiger partial charge in [-0.05, 0) is 48.9 Å². The molecule has 3 rings (SSSR count). The van der Waals surface area contributed by atoms with Gasteiger partial charge in [0.1, 0.15) is 16.4 Å². The SMILES string of the molecule is CCN(CC(=O)Nc1ccc(OC)cc1)C(=O)Cc1ccc(OC)c(S(=O)(=O)N2CCOCC2)c1. The zero-order valence-electron chi connectivity index (χ0n) is 20.2. The van der Waals surface area contributed by atoms with Gasteiger partial charge in [-0.3, -0.25) is 9.59 Å². The molecular weight excluding hydrogens is 474 g/mol. The van der Waals surface area contributed by atoms with Crippen molar-refractivity contribution in [2.24, 2.45) is 0 Å². The fourth-order valence-corrected chi connectivity index (χ4v) is 5.28. The summed E-state index contributed by atoms with van der Waals surface area (Å²) >= 11 is 0. The van der Waals surface area contributed by atoms with Gasteiger partial charge in [0.15, 0.2) is 0 Å². The van der Waals surface area contributed by atoms with Crippen LogP contribution >= 0.6 is 0 Å². The van der Waals surface area contributed by atoms with Gasteiger partial charge in [0.05, 0.1) is 40.4 Å². The Morgan fingerprint density at radius 3 is 2.34 bits per heavy atom. The highest BCUT2D eigenvalue weighted by molar-refractivity contribution is 7.89. The van der Waals surface area contributed by atoms with Crippen molar-refractivity contribution in [1.82, 2.24) is 9.21 Å². The van der Waals surface area contributed by atoms with E-state index in [2.05, 4.69) is 5.32 Å². The molecule has 1 aliphatic heterocycles. The van der Waals surface area contributed by atoms with Gasteiger partial charge in [0.2, 0.25) is 21.8 Å². The van der Waals surface area contributed by atoms with Gasteiger partial charge in [-0.2, -0.15) is 4.31 Å². The number of carbonyl (C=O) groups excluding carboxylic acids is 2. The molecule has 2 amide bonds. The second-order valence-electron chi connectivity index (χ2n) is 7.86. The maximum Gasteiger partial charge on any atom is 0.246 e. The zero-order valence-corrected chi connectivity index (χ0v) is 21.0. The molecule has 11 heteroatoms. The maximum atomic E-state index is 13.2. The number of morpholine rings is 1. The molecule has 1 fully saturated rings. The molecule has 0 saturated carbocycles. The number of methoxy groups -OCH3 is 2. The zero-order chi connectivity index (χ0) is 25.4. The average molecular weight is 506 g/mol. The van der Waals surface area contributed by atoms with Gasteiger partial charge in [-0.25, -0.2) is 8.42 Å². The van der Waals surface area contributed by atoms with E-state index in [0.717, 1.165) is 0 Å². The lowest BCUT2D eigenvalue weighted by molar-refractivity contribution is -0.133. The third kappa shape index (κ3) is 6.71. The lowest BCUT2D eigenvalue weighted by atomic mass is 10.1. The Morgan fingerprint density at radius 2 is 1.74 bits per heavy atom. The van der Waals surface area contributed by atoms with Crippen molar-refractivity contribution >= 4 is 27.5 Å². The van der Waals surface area contributed by atoms with Gasteiger partial charge in [-0.1, -0.05) is 6.07 Å². The van der Waals surface area contributed by atoms with Gasteiger partial charge in [-0.15, -0.1) is 0 Å². The van der Waals surface area contributed by atoms with Crippen molar-refractivity contribution in [1.29, 1.82) is 0 Å². The molecule has 0 atom stereocenters. The number of sulfonamides is 1. The van der Waals surface area contributed by atoms with Crippen LogP contribution in [-0.4, -0.2) is 83.0 Å². The van der Waals surface area contributed by atoms with Crippen LogP contribution in [-0.2, 0) is 30.8 Å². The van der Waals surface area contributed by atoms with Gasteiger partial charge in [0, 0.05) is 25.3 Å². The molecule has 2 aromatic rings. The van der Waals surface area contributed by atoms with E-state index in [1.165, 1.54) is 22.4 Å². The molecular formula is C24H31N3O7S. The fraction of sp³-hybridized carbons (Fsp3) is 0.417. The molecule has 0 bridgehead atoms. The highest BCUT2D eigenvalue weighted by atomic mass is 32.2. The van der Waals surface area contributed by atoms with Crippen molar-refractivity contribution in [3.63, 3.8) is 0 Å². The summed E-state index contributed by atoms with van der Waals surface area (Å²) in [6, 6.07) is 11.5. The Bertz CT molecular complexity index is 1130. The van der Waals surface area contributed by atoms with E-state index in [9.17, 15) is 18.0 Å². The van der Waals surface area contributed by atoms with Crippen LogP contribution in [0.25, 0.3) is 0 Å². The number of anilines is 1. The van der Waals surface area contributed by atoms with Crippen LogP contribution in [0.2, 0.25) is 0 Å². The number of amides is 2. The quantitative estimate of drug-likeness (QED) is 0.523. The molecule has 1 saturated heterocycles. The molecule has 2 aromatic carbocycles. The molecule has 1 heterocycles. The van der Waals surface area contributed by atoms with Gasteiger partial charge >= 0.3 is 0 Å². The summed E-state index contributed by atoms with van der Waals surface area (Å²) in [5.41, 5.74) is 1.10. The Labute approximate surface area is 205 Å². The number of rotatable bonds is 10. The molecule has 1 aliphatic rings. The van der Waals surface area contributed by atoms with E-state index in [0.29, 0.717) is 36.8 Å². The van der Waals surface area contributed by atoms with Crippen LogP contribution in [0, 0.1) is 0 Å². The van der Waals surface area contributed by atoms with Crippen molar-refractivity contribution in [3.05, 3.63) is 48.0 Å². The molecule has 10 nitrogen and oxygen atoms in total. The van der Waals surface area contributed by atoms with Crippen LogP contribution in [0.5, 0.6) is 11.5 Å². The van der Waals surface area contributed by atoms with E-state index in [-0.39, 0.29) is 48.5 Å². The predicted molar refractivity (Wildman–Crippen MR) is 130 cm³/mol. The third-order valence-electron chi connectivity index (χ3n) is 5.61. The minimum Gasteiger partial charge on any atom is -0.497 e. The summed E-state index contributed by atoms with van der Waals surface area (Å²) < 4.78 is 43.4. The fourth-order valence-electron chi connectivity index (χ4n) is 3.67. The molecule has 190 valence electrons. The van der Waals surface area contributed by atoms with Crippen molar-refractivity contribution in [2.45, 2.75) is 18.2 Å². The lowest BCUT2D eigenvalue weighted by Crippen LogP contribution is -2.40. The minimum absolute atomic E-state index is 0.00694. The number of nitrogens with zero attached hydrogens (tertiary/aromatic N) is 2. The Hall–Kier alpha value is -3.15. The molecule has 35 heavy (non-hydrogen) atoms. The summed E-state index contributed by atoms with van der Waals surface area (Å²) in [5.74, 6) is 0.245. The Morgan fingerprint density at radius 1 is 1.06 bits per heavy atom. The second kappa shape index (κ2) is 12.0. The summed E-state index contributed by atoms with van der Waals surface area (Å²) in [6.07, 6.45) is -0.0563. The smallest absolute Gasteiger partial charge is 0.246 e. The first kappa shape index (κ1) is 26.5. The van der Waals surface area contributed by atoms with Crippen molar-refractivity contribution in [3.8, 4) is 11.5 Å². The maximum absolute atomic E-state index is 13.2. The molecule has 0 unspecified atom stereocenters. The van der Waals surface area contributed by atoms with Gasteiger partial charge in [0.25, 0.3) is 0 Å². The molecule has 0 radical (unpaired) electrons. The van der Waals surface area contributed by atoms with E-state index < -0.39 is 10.0 Å². The number of hydrogen-bond donors (Lipinski definition) is 1. The average Bonchev–Trinajstić information content (AvgIpc) is 2.88. The highest BCUT2D eigenvalue weighted by Crippen LogP contribution is 2.28. The second-order valence-corrected chi connectivity index (χ2v) is 9.77. The van der Waals surface area contributed by atoms with Crippen LogP contribution in [0.15, 0.2) is 47.4 Å². The number of likely N-dealkylation sites (N-methyl/N-ethyl adjacent to an activating group) is 1. The predicted octanol–water partition coefficient (Wildman–Crippen LogP) is 1.75. The summed E-state index contributed by atoms with van der Waals surface area (Å²) in [7, 11) is -0.858. The standard InChI is InChI=1S/C24H31N3O7S/c1-4-26(17-23(28)25-19-6-8-20(32-2)9-7-19)24(29)16-18-5-10-21(33-3)22(15-18)35(30,31)27-11-13-34-14-12-27/h5-10,15H,4,11-14,16-17H2,1-3H3,(H,25,28). The monoisotopic (exact) mass is 505 g/mol. The number of carbonyl (C=O) groups is 2. The normalized spacial score (nSPS) is 14.3. The van der Waals surface area contributed by atoms with E-state index >= 15 is 0 Å². The summed E-state index contributed by atoms with van der Waals surface area (Å²) in [4.78, 5) is 26.9. The Kier molecular flexibility index (Phi) is 9.07. The van der Waals surface area contributed by atoms with Crippen LogP contribution in [0.3, 0.4) is 0 Å². The first-order valence-corrected chi connectivity index (χ1v) is 12.7. The topological polar surface area (TPSA) is 114 Å². The Balaban J connectivity index is 1.70. The van der Waals surface area contributed by atoms with E-state index in [1.807, 2.05) is 0 Å². The highest BCUT2D eigenvalue weighted by Gasteiger charge is 2.30. The number of hydrogen-bond acceptors (Lipinski definition) is 7. The minimum atomic E-state index is -3.82. The number of nitrogens with one attached hydrogen (secondary N) is 1. The first-order chi connectivity index (χ1) is 16.8. The molecule has 1 N–H and O–H groups in total. The van der Waals surface area contributed by atoms with E-state index in [1.54, 1.807) is 50.4 Å². The molecule has 0 aromatic heterocycles. The van der Waals surface area contributed by atoms with Crippen LogP contribution in [0.4, 0.5) is 5.69 Å². The largest absolute Gasteiger partial charge is 0.497 e. The molecule has 0 aliphatic carbocycles. The van der Waals surface area contributed by atoms with Gasteiger partial charge < -0.3 is 24.4 Å².